The molecule has 1 fully saturated rings. The number of nitrogens with one attached hydrogen (secondary N) is 2. The van der Waals surface area contributed by atoms with Crippen LogP contribution in [-0.2, 0) is 11.3 Å². The van der Waals surface area contributed by atoms with Gasteiger partial charge in [0.2, 0.25) is 0 Å². The quantitative estimate of drug-likeness (QED) is 0.639. The van der Waals surface area contributed by atoms with Gasteiger partial charge in [-0.15, -0.1) is 0 Å². The third kappa shape index (κ3) is 4.66. The van der Waals surface area contributed by atoms with Gasteiger partial charge in [0, 0.05) is 36.6 Å². The number of carbonyl (C=O) groups excluding carboxylic acids is 1. The number of hydrogen-bond acceptors (Lipinski definition) is 4. The summed E-state index contributed by atoms with van der Waals surface area (Å²) in [6, 6.07) is 6.19. The van der Waals surface area contributed by atoms with Crippen molar-refractivity contribution >= 4 is 12.0 Å². The number of aromatic nitrogens is 2. The Bertz CT molecular complexity index is 821. The molecule has 3 rings (SSSR count). The maximum atomic E-state index is 14.2. The van der Waals surface area contributed by atoms with Crippen LogP contribution in [0.2, 0.25) is 0 Å². The second-order valence-electron chi connectivity index (χ2n) is 6.79. The Morgan fingerprint density at radius 3 is 2.79 bits per heavy atom. The normalized spacial score (nSPS) is 18.5. The number of halogens is 1. The molecule has 0 bridgehead atoms. The summed E-state index contributed by atoms with van der Waals surface area (Å²) >= 11 is 0. The summed E-state index contributed by atoms with van der Waals surface area (Å²) < 4.78 is 15.8. The third-order valence-corrected chi connectivity index (χ3v) is 4.98. The largest absolute Gasteiger partial charge is 0.480 e. The highest BCUT2D eigenvalue weighted by atomic mass is 19.1. The van der Waals surface area contributed by atoms with Gasteiger partial charge in [0.25, 0.3) is 0 Å². The lowest BCUT2D eigenvalue weighted by atomic mass is 9.85. The lowest BCUT2D eigenvalue weighted by Crippen LogP contribution is -2.56. The van der Waals surface area contributed by atoms with Gasteiger partial charge in [-0.3, -0.25) is 9.69 Å². The van der Waals surface area contributed by atoms with Gasteiger partial charge >= 0.3 is 12.0 Å². The summed E-state index contributed by atoms with van der Waals surface area (Å²) in [5.74, 6) is -1.27. The molecule has 9 heteroatoms. The average Bonchev–Trinajstić information content (AvgIpc) is 3.15. The van der Waals surface area contributed by atoms with Gasteiger partial charge in [0.05, 0.1) is 12.2 Å². The van der Waals surface area contributed by atoms with Crippen LogP contribution in [0.4, 0.5) is 9.18 Å². The number of amides is 2. The van der Waals surface area contributed by atoms with Gasteiger partial charge in [0.15, 0.2) is 0 Å². The number of aliphatic carboxylic acids is 1. The Kier molecular flexibility index (Phi) is 6.25. The summed E-state index contributed by atoms with van der Waals surface area (Å²) in [7, 11) is 0. The molecule has 150 valence electrons. The molecule has 8 nitrogen and oxygen atoms in total. The van der Waals surface area contributed by atoms with Crippen molar-refractivity contribution in [1.29, 1.82) is 0 Å². The van der Waals surface area contributed by atoms with E-state index in [-0.39, 0.29) is 31.2 Å². The number of nitrogens with zero attached hydrogens (tertiary/aromatic N) is 3. The molecular weight excluding hydrogens is 365 g/mol. The molecule has 28 heavy (non-hydrogen) atoms. The van der Waals surface area contributed by atoms with E-state index in [0.29, 0.717) is 30.6 Å². The van der Waals surface area contributed by atoms with Crippen LogP contribution in [0.5, 0.6) is 0 Å². The maximum Gasteiger partial charge on any atom is 0.317 e. The molecule has 1 aliphatic rings. The molecule has 1 heterocycles. The Morgan fingerprint density at radius 2 is 2.14 bits per heavy atom. The second kappa shape index (κ2) is 8.83. The third-order valence-electron chi connectivity index (χ3n) is 4.98. The second-order valence-corrected chi connectivity index (χ2v) is 6.79. The fourth-order valence-corrected chi connectivity index (χ4v) is 3.43. The maximum absolute atomic E-state index is 14.2. The van der Waals surface area contributed by atoms with Crippen molar-refractivity contribution in [2.75, 3.05) is 13.1 Å². The summed E-state index contributed by atoms with van der Waals surface area (Å²) in [6.45, 7) is 2.61. The summed E-state index contributed by atoms with van der Waals surface area (Å²) in [5.41, 5.74) is 0.924. The fraction of sp³-hybridized carbons (Fsp3) is 0.421. The van der Waals surface area contributed by atoms with Crippen molar-refractivity contribution in [2.45, 2.75) is 38.4 Å². The van der Waals surface area contributed by atoms with Crippen LogP contribution < -0.4 is 10.6 Å². The van der Waals surface area contributed by atoms with Gasteiger partial charge < -0.3 is 15.7 Å². The van der Waals surface area contributed by atoms with Crippen LogP contribution in [0.1, 0.15) is 25.3 Å². The van der Waals surface area contributed by atoms with E-state index in [0.717, 1.165) is 0 Å². The van der Waals surface area contributed by atoms with E-state index in [2.05, 4.69) is 15.7 Å². The number of urea groups is 1. The monoisotopic (exact) mass is 389 g/mol. The van der Waals surface area contributed by atoms with Gasteiger partial charge in [-0.05, 0) is 37.6 Å². The number of carboxylic acids is 1. The van der Waals surface area contributed by atoms with Crippen molar-refractivity contribution in [2.24, 2.45) is 0 Å². The minimum absolute atomic E-state index is 0.00354. The summed E-state index contributed by atoms with van der Waals surface area (Å²) in [5, 5.41) is 18.6. The molecule has 1 saturated carbocycles. The molecule has 1 aromatic carbocycles. The molecule has 2 amide bonds. The zero-order valence-corrected chi connectivity index (χ0v) is 15.6. The van der Waals surface area contributed by atoms with E-state index in [1.807, 2.05) is 11.8 Å². The van der Waals surface area contributed by atoms with Crippen LogP contribution in [0.3, 0.4) is 0 Å². The zero-order chi connectivity index (χ0) is 20.1. The van der Waals surface area contributed by atoms with E-state index in [1.54, 1.807) is 35.3 Å². The predicted molar refractivity (Wildman–Crippen MR) is 101 cm³/mol. The van der Waals surface area contributed by atoms with Gasteiger partial charge in [-0.25, -0.2) is 13.9 Å². The van der Waals surface area contributed by atoms with Crippen molar-refractivity contribution in [3.05, 3.63) is 48.0 Å². The molecule has 0 aliphatic heterocycles. The van der Waals surface area contributed by atoms with E-state index in [1.165, 1.54) is 6.07 Å². The zero-order valence-electron chi connectivity index (χ0n) is 15.6. The Hall–Kier alpha value is -2.94. The highest BCUT2D eigenvalue weighted by molar-refractivity contribution is 5.74. The smallest absolute Gasteiger partial charge is 0.317 e. The van der Waals surface area contributed by atoms with Crippen molar-refractivity contribution in [1.82, 2.24) is 25.3 Å². The minimum Gasteiger partial charge on any atom is -0.480 e. The van der Waals surface area contributed by atoms with Crippen LogP contribution >= 0.6 is 0 Å². The molecule has 0 radical (unpaired) electrons. The molecule has 0 unspecified atom stereocenters. The Morgan fingerprint density at radius 1 is 1.36 bits per heavy atom. The Labute approximate surface area is 162 Å². The highest BCUT2D eigenvalue weighted by Crippen LogP contribution is 2.25. The SMILES string of the molecule is CCN(CC(=O)O)C1CC(NC(=O)NCc2c(F)cccc2-n2cccn2)C1. The molecule has 1 aliphatic carbocycles. The molecular formula is C19H24FN5O3. The average molecular weight is 389 g/mol. The van der Waals surface area contributed by atoms with Gasteiger partial charge in [0.1, 0.15) is 5.82 Å². The first kappa shape index (κ1) is 19.8. The number of rotatable bonds is 8. The van der Waals surface area contributed by atoms with Gasteiger partial charge in [-0.1, -0.05) is 13.0 Å². The first-order valence-corrected chi connectivity index (χ1v) is 9.25. The van der Waals surface area contributed by atoms with E-state index >= 15 is 0 Å². The van der Waals surface area contributed by atoms with Crippen LogP contribution in [0.25, 0.3) is 5.69 Å². The van der Waals surface area contributed by atoms with Crippen LogP contribution in [0.15, 0.2) is 36.7 Å². The predicted octanol–water partition coefficient (Wildman–Crippen LogP) is 1.75. The van der Waals surface area contributed by atoms with Gasteiger partial charge in [-0.2, -0.15) is 5.10 Å². The molecule has 0 saturated heterocycles. The number of carboxylic acid groups (broad SMARTS) is 1. The fourth-order valence-electron chi connectivity index (χ4n) is 3.43. The minimum atomic E-state index is -0.853. The molecule has 3 N–H and O–H groups in total. The first-order valence-electron chi connectivity index (χ1n) is 9.25. The van der Waals surface area contributed by atoms with E-state index < -0.39 is 11.8 Å². The molecule has 0 spiro atoms. The summed E-state index contributed by atoms with van der Waals surface area (Å²) in [6.07, 6.45) is 4.72. The van der Waals surface area contributed by atoms with Crippen LogP contribution in [0, 0.1) is 5.82 Å². The number of benzene rings is 1. The van der Waals surface area contributed by atoms with E-state index in [9.17, 15) is 14.0 Å². The lowest BCUT2D eigenvalue weighted by molar-refractivity contribution is -0.139. The number of carbonyl (C=O) groups is 2. The van der Waals surface area contributed by atoms with Crippen molar-refractivity contribution in [3.63, 3.8) is 0 Å². The lowest BCUT2D eigenvalue weighted by Gasteiger charge is -2.42. The van der Waals surface area contributed by atoms with Crippen LogP contribution in [-0.4, -0.2) is 57.0 Å². The van der Waals surface area contributed by atoms with Crippen molar-refractivity contribution in [3.8, 4) is 5.69 Å². The molecule has 1 aromatic heterocycles. The van der Waals surface area contributed by atoms with Crippen molar-refractivity contribution < 1.29 is 19.1 Å². The van der Waals surface area contributed by atoms with E-state index in [4.69, 9.17) is 5.11 Å². The Balaban J connectivity index is 1.51. The molecule has 2 aromatic rings. The number of likely N-dealkylation sites (N-methyl/N-ethyl adjacent to an activating group) is 1. The standard InChI is InChI=1S/C19H24FN5O3/c1-2-24(12-18(26)27)14-9-13(10-14)23-19(28)21-11-15-16(20)5-3-6-17(15)25-8-4-7-22-25/h3-8,13-14H,2,9-12H2,1H3,(H,26,27)(H2,21,23,28). The number of hydrogen-bond donors (Lipinski definition) is 3. The molecule has 0 atom stereocenters. The summed E-state index contributed by atoms with van der Waals surface area (Å²) in [4.78, 5) is 24.9. The topological polar surface area (TPSA) is 99.5 Å². The first-order chi connectivity index (χ1) is 13.5. The highest BCUT2D eigenvalue weighted by Gasteiger charge is 2.34.